The van der Waals surface area contributed by atoms with Crippen molar-refractivity contribution in [1.82, 2.24) is 10.6 Å². The van der Waals surface area contributed by atoms with E-state index in [1.165, 1.54) is 0 Å². The van der Waals surface area contributed by atoms with Crippen LogP contribution in [0.4, 0.5) is 0 Å². The molecule has 0 aromatic rings. The van der Waals surface area contributed by atoms with Gasteiger partial charge in [0.1, 0.15) is 13.2 Å². The third kappa shape index (κ3) is 15.7. The zero-order chi connectivity index (χ0) is 18.9. The molecule has 0 saturated carbocycles. The molecular formula is C17H32N2O6. The molecule has 0 atom stereocenters. The van der Waals surface area contributed by atoms with Gasteiger partial charge in [-0.15, -0.1) is 0 Å². The van der Waals surface area contributed by atoms with Gasteiger partial charge in [-0.25, -0.2) is 0 Å². The van der Waals surface area contributed by atoms with Gasteiger partial charge < -0.3 is 24.8 Å². The maximum absolute atomic E-state index is 11.5. The summed E-state index contributed by atoms with van der Waals surface area (Å²) in [6.45, 7) is 7.78. The first-order chi connectivity index (χ1) is 12.0. The summed E-state index contributed by atoms with van der Waals surface area (Å²) >= 11 is 0. The maximum atomic E-state index is 11.5. The summed E-state index contributed by atoms with van der Waals surface area (Å²) in [5.74, 6) is -0.242. The van der Waals surface area contributed by atoms with Gasteiger partial charge >= 0.3 is 0 Å². The molecule has 8 nitrogen and oxygen atoms in total. The number of ketones is 1. The van der Waals surface area contributed by atoms with Crippen LogP contribution in [0.1, 0.15) is 33.6 Å². The van der Waals surface area contributed by atoms with Gasteiger partial charge in [-0.05, 0) is 6.42 Å². The predicted molar refractivity (Wildman–Crippen MR) is 93.2 cm³/mol. The SMILES string of the molecule is CCCC(=O)COCCOCCNC(=O)COCCNC(=O)C(C)C. The highest BCUT2D eigenvalue weighted by molar-refractivity contribution is 5.79. The van der Waals surface area contributed by atoms with Gasteiger partial charge in [0, 0.05) is 25.4 Å². The molecule has 0 radical (unpaired) electrons. The highest BCUT2D eigenvalue weighted by Crippen LogP contribution is 1.90. The van der Waals surface area contributed by atoms with Crippen LogP contribution >= 0.6 is 0 Å². The first-order valence-electron chi connectivity index (χ1n) is 8.76. The molecule has 0 unspecified atom stereocenters. The van der Waals surface area contributed by atoms with Gasteiger partial charge in [0.15, 0.2) is 5.78 Å². The standard InChI is InChI=1S/C17H32N2O6/c1-4-5-15(20)12-25-11-10-23-8-6-18-16(21)13-24-9-7-19-17(22)14(2)3/h14H,4-13H2,1-3H3,(H,18,21)(H,19,22). The van der Waals surface area contributed by atoms with Gasteiger partial charge in [-0.2, -0.15) is 0 Å². The Hall–Kier alpha value is -1.51. The number of carbonyl (C=O) groups excluding carboxylic acids is 3. The minimum Gasteiger partial charge on any atom is -0.377 e. The normalized spacial score (nSPS) is 10.7. The summed E-state index contributed by atoms with van der Waals surface area (Å²) in [7, 11) is 0. The minimum absolute atomic E-state index is 0.0380. The summed E-state index contributed by atoms with van der Waals surface area (Å²) < 4.78 is 15.6. The molecule has 2 amide bonds. The van der Waals surface area contributed by atoms with Crippen LogP contribution in [0, 0.1) is 5.92 Å². The van der Waals surface area contributed by atoms with Gasteiger partial charge in [0.05, 0.1) is 26.4 Å². The molecule has 0 aromatic heterocycles. The predicted octanol–water partition coefficient (Wildman–Crippen LogP) is 0.294. The summed E-state index contributed by atoms with van der Waals surface area (Å²) in [5.41, 5.74) is 0. The first-order valence-corrected chi connectivity index (χ1v) is 8.76. The average molecular weight is 360 g/mol. The van der Waals surface area contributed by atoms with Crippen molar-refractivity contribution in [3.05, 3.63) is 0 Å². The van der Waals surface area contributed by atoms with Crippen LogP contribution in [0.5, 0.6) is 0 Å². The molecule has 0 fully saturated rings. The summed E-state index contributed by atoms with van der Waals surface area (Å²) in [4.78, 5) is 34.0. The van der Waals surface area contributed by atoms with Crippen molar-refractivity contribution < 1.29 is 28.6 Å². The second-order valence-corrected chi connectivity index (χ2v) is 5.80. The quantitative estimate of drug-likeness (QED) is 0.384. The van der Waals surface area contributed by atoms with E-state index in [-0.39, 0.29) is 43.3 Å². The number of rotatable bonds is 16. The molecular weight excluding hydrogens is 328 g/mol. The second kappa shape index (κ2) is 16.0. The number of ether oxygens (including phenoxy) is 3. The van der Waals surface area contributed by atoms with E-state index in [2.05, 4.69) is 10.6 Å². The molecule has 0 heterocycles. The fraction of sp³-hybridized carbons (Fsp3) is 0.824. The van der Waals surface area contributed by atoms with Crippen LogP contribution in [0.15, 0.2) is 0 Å². The van der Waals surface area contributed by atoms with Crippen molar-refractivity contribution in [2.24, 2.45) is 5.92 Å². The lowest BCUT2D eigenvalue weighted by Crippen LogP contribution is -2.33. The smallest absolute Gasteiger partial charge is 0.246 e. The summed E-state index contributed by atoms with van der Waals surface area (Å²) in [5, 5.41) is 5.35. The maximum Gasteiger partial charge on any atom is 0.246 e. The Morgan fingerprint density at radius 2 is 1.44 bits per heavy atom. The summed E-state index contributed by atoms with van der Waals surface area (Å²) in [6.07, 6.45) is 1.37. The number of amides is 2. The largest absolute Gasteiger partial charge is 0.377 e. The average Bonchev–Trinajstić information content (AvgIpc) is 2.56. The van der Waals surface area contributed by atoms with Crippen molar-refractivity contribution in [3.8, 4) is 0 Å². The van der Waals surface area contributed by atoms with E-state index in [1.54, 1.807) is 0 Å². The zero-order valence-corrected chi connectivity index (χ0v) is 15.6. The Balaban J connectivity index is 3.33. The van der Waals surface area contributed by atoms with Crippen LogP contribution < -0.4 is 10.6 Å². The number of Topliss-reactive ketones (excluding diaryl/α,β-unsaturated/α-hetero) is 1. The first kappa shape index (κ1) is 23.5. The number of nitrogens with one attached hydrogen (secondary N) is 2. The molecule has 25 heavy (non-hydrogen) atoms. The topological polar surface area (TPSA) is 103 Å². The molecule has 0 spiro atoms. The van der Waals surface area contributed by atoms with Crippen molar-refractivity contribution in [2.75, 3.05) is 52.7 Å². The van der Waals surface area contributed by atoms with Gasteiger partial charge in [0.2, 0.25) is 11.8 Å². The second-order valence-electron chi connectivity index (χ2n) is 5.80. The lowest BCUT2D eigenvalue weighted by Gasteiger charge is -2.09. The van der Waals surface area contributed by atoms with E-state index in [1.807, 2.05) is 20.8 Å². The summed E-state index contributed by atoms with van der Waals surface area (Å²) in [6, 6.07) is 0. The number of hydrogen-bond acceptors (Lipinski definition) is 6. The highest BCUT2D eigenvalue weighted by Gasteiger charge is 2.05. The monoisotopic (exact) mass is 360 g/mol. The van der Waals surface area contributed by atoms with Crippen LogP contribution in [0.25, 0.3) is 0 Å². The lowest BCUT2D eigenvalue weighted by molar-refractivity contribution is -0.127. The van der Waals surface area contributed by atoms with Crippen LogP contribution in [0.3, 0.4) is 0 Å². The van der Waals surface area contributed by atoms with Crippen molar-refractivity contribution >= 4 is 17.6 Å². The molecule has 0 aliphatic heterocycles. The number of hydrogen-bond donors (Lipinski definition) is 2. The van der Waals surface area contributed by atoms with Crippen LogP contribution in [-0.4, -0.2) is 70.3 Å². The fourth-order valence-corrected chi connectivity index (χ4v) is 1.69. The minimum atomic E-state index is -0.236. The van der Waals surface area contributed by atoms with E-state index in [0.29, 0.717) is 39.3 Å². The van der Waals surface area contributed by atoms with Crippen LogP contribution in [-0.2, 0) is 28.6 Å². The Morgan fingerprint density at radius 1 is 0.840 bits per heavy atom. The fourth-order valence-electron chi connectivity index (χ4n) is 1.69. The van der Waals surface area contributed by atoms with E-state index in [9.17, 15) is 14.4 Å². The van der Waals surface area contributed by atoms with Crippen molar-refractivity contribution in [1.29, 1.82) is 0 Å². The molecule has 0 bridgehead atoms. The Kier molecular flexibility index (Phi) is 15.0. The Bertz CT molecular complexity index is 387. The molecule has 8 heteroatoms. The highest BCUT2D eigenvalue weighted by atomic mass is 16.5. The molecule has 0 rings (SSSR count). The van der Waals surface area contributed by atoms with E-state index in [0.717, 1.165) is 6.42 Å². The third-order valence-corrected chi connectivity index (χ3v) is 3.04. The molecule has 0 aliphatic carbocycles. The lowest BCUT2D eigenvalue weighted by atomic mass is 10.2. The molecule has 2 N–H and O–H groups in total. The van der Waals surface area contributed by atoms with Gasteiger partial charge in [0.25, 0.3) is 0 Å². The van der Waals surface area contributed by atoms with Crippen molar-refractivity contribution in [2.45, 2.75) is 33.6 Å². The Labute approximate surface area is 150 Å². The molecule has 146 valence electrons. The molecule has 0 aliphatic rings. The van der Waals surface area contributed by atoms with E-state index >= 15 is 0 Å². The Morgan fingerprint density at radius 3 is 2.12 bits per heavy atom. The third-order valence-electron chi connectivity index (χ3n) is 3.04. The van der Waals surface area contributed by atoms with Gasteiger partial charge in [-0.1, -0.05) is 20.8 Å². The zero-order valence-electron chi connectivity index (χ0n) is 15.6. The number of carbonyl (C=O) groups is 3. The van der Waals surface area contributed by atoms with Gasteiger partial charge in [-0.3, -0.25) is 14.4 Å². The molecule has 0 saturated heterocycles. The molecule has 0 aromatic carbocycles. The van der Waals surface area contributed by atoms with E-state index in [4.69, 9.17) is 14.2 Å². The van der Waals surface area contributed by atoms with Crippen molar-refractivity contribution in [3.63, 3.8) is 0 Å². The van der Waals surface area contributed by atoms with E-state index < -0.39 is 0 Å². The van der Waals surface area contributed by atoms with Crippen LogP contribution in [0.2, 0.25) is 0 Å².